The van der Waals surface area contributed by atoms with Crippen molar-refractivity contribution in [3.8, 4) is 0 Å². The largest absolute Gasteiger partial charge is 0.379 e. The molecule has 0 aliphatic carbocycles. The molecule has 5 nitrogen and oxygen atoms in total. The van der Waals surface area contributed by atoms with Crippen LogP contribution >= 0.6 is 11.6 Å². The maximum atomic E-state index is 13.5. The fraction of sp³-hybridized carbons (Fsp3) is 0.467. The van der Waals surface area contributed by atoms with Gasteiger partial charge in [0.25, 0.3) is 5.91 Å². The van der Waals surface area contributed by atoms with Crippen molar-refractivity contribution in [2.24, 2.45) is 5.92 Å². The third-order valence-electron chi connectivity index (χ3n) is 3.88. The van der Waals surface area contributed by atoms with E-state index < -0.39 is 5.82 Å². The molecule has 1 N–H and O–H groups in total. The molecule has 1 aliphatic rings. The fourth-order valence-corrected chi connectivity index (χ4v) is 2.86. The number of nitrogens with one attached hydrogen (secondary N) is 1. The van der Waals surface area contributed by atoms with Gasteiger partial charge in [-0.3, -0.25) is 9.59 Å². The summed E-state index contributed by atoms with van der Waals surface area (Å²) < 4.78 is 18.8. The predicted molar refractivity (Wildman–Crippen MR) is 80.3 cm³/mol. The number of carbonyl (C=O) groups is 2. The number of amides is 2. The number of methoxy groups -OCH3 is 1. The Labute approximate surface area is 133 Å². The van der Waals surface area contributed by atoms with Crippen molar-refractivity contribution in [1.29, 1.82) is 0 Å². The summed E-state index contributed by atoms with van der Waals surface area (Å²) in [6.07, 6.45) is 0.0453. The maximum absolute atomic E-state index is 13.5. The standard InChI is InChI=1S/C15H18ClFN2O3/c1-18-13(20)6-9-7-19(8-12(9)22-2)15(21)10-4-3-5-11(17)14(10)16/h3-5,9,12H,6-8H2,1-2H3,(H,18,20)/t9-,12-/m0/s1. The Morgan fingerprint density at radius 1 is 1.45 bits per heavy atom. The average molecular weight is 329 g/mol. The summed E-state index contributed by atoms with van der Waals surface area (Å²) >= 11 is 5.86. The molecule has 120 valence electrons. The van der Waals surface area contributed by atoms with E-state index in [0.717, 1.165) is 0 Å². The van der Waals surface area contributed by atoms with Gasteiger partial charge in [-0.2, -0.15) is 0 Å². The summed E-state index contributed by atoms with van der Waals surface area (Å²) in [5.41, 5.74) is 0.122. The van der Waals surface area contributed by atoms with Crippen molar-refractivity contribution in [2.75, 3.05) is 27.2 Å². The summed E-state index contributed by atoms with van der Waals surface area (Å²) in [4.78, 5) is 25.6. The molecule has 2 atom stereocenters. The Balaban J connectivity index is 2.14. The molecule has 1 aromatic carbocycles. The number of rotatable bonds is 4. The van der Waals surface area contributed by atoms with Gasteiger partial charge in [0.1, 0.15) is 5.82 Å². The molecule has 2 amide bonds. The van der Waals surface area contributed by atoms with E-state index in [2.05, 4.69) is 5.32 Å². The first-order chi connectivity index (χ1) is 10.5. The Bertz CT molecular complexity index is 582. The van der Waals surface area contributed by atoms with Crippen LogP contribution in [0.4, 0.5) is 4.39 Å². The van der Waals surface area contributed by atoms with E-state index in [0.29, 0.717) is 13.1 Å². The molecule has 0 radical (unpaired) electrons. The van der Waals surface area contributed by atoms with E-state index in [1.54, 1.807) is 19.1 Å². The summed E-state index contributed by atoms with van der Waals surface area (Å²) in [6.45, 7) is 0.724. The van der Waals surface area contributed by atoms with Crippen LogP contribution in [0, 0.1) is 11.7 Å². The molecular formula is C15H18ClFN2O3. The van der Waals surface area contributed by atoms with E-state index >= 15 is 0 Å². The van der Waals surface area contributed by atoms with Gasteiger partial charge in [0.2, 0.25) is 5.91 Å². The Morgan fingerprint density at radius 2 is 2.18 bits per heavy atom. The van der Waals surface area contributed by atoms with Crippen molar-refractivity contribution >= 4 is 23.4 Å². The van der Waals surface area contributed by atoms with Gasteiger partial charge in [-0.15, -0.1) is 0 Å². The second kappa shape index (κ2) is 7.07. The lowest BCUT2D eigenvalue weighted by atomic mass is 10.0. The number of halogens is 2. The summed E-state index contributed by atoms with van der Waals surface area (Å²) in [5.74, 6) is -1.19. The zero-order valence-corrected chi connectivity index (χ0v) is 13.2. The van der Waals surface area contributed by atoms with Gasteiger partial charge in [0.05, 0.1) is 16.7 Å². The van der Waals surface area contributed by atoms with Crippen LogP contribution in [0.15, 0.2) is 18.2 Å². The van der Waals surface area contributed by atoms with Gasteiger partial charge in [-0.25, -0.2) is 4.39 Å². The molecule has 22 heavy (non-hydrogen) atoms. The lowest BCUT2D eigenvalue weighted by Gasteiger charge is -2.17. The van der Waals surface area contributed by atoms with Gasteiger partial charge >= 0.3 is 0 Å². The van der Waals surface area contributed by atoms with Crippen LogP contribution in [0.3, 0.4) is 0 Å². The fourth-order valence-electron chi connectivity index (χ4n) is 2.65. The number of carbonyl (C=O) groups excluding carboxylic acids is 2. The summed E-state index contributed by atoms with van der Waals surface area (Å²) in [7, 11) is 3.11. The summed E-state index contributed by atoms with van der Waals surface area (Å²) in [6, 6.07) is 4.14. The zero-order valence-electron chi connectivity index (χ0n) is 12.4. The minimum Gasteiger partial charge on any atom is -0.379 e. The molecule has 0 spiro atoms. The molecule has 1 aromatic rings. The van der Waals surface area contributed by atoms with Crippen LogP contribution in [-0.2, 0) is 9.53 Å². The van der Waals surface area contributed by atoms with E-state index in [1.807, 2.05) is 0 Å². The third kappa shape index (κ3) is 3.39. The van der Waals surface area contributed by atoms with Crippen LogP contribution in [-0.4, -0.2) is 50.1 Å². The molecule has 1 fully saturated rings. The van der Waals surface area contributed by atoms with Gasteiger partial charge < -0.3 is 15.0 Å². The highest BCUT2D eigenvalue weighted by molar-refractivity contribution is 6.34. The number of benzene rings is 1. The van der Waals surface area contributed by atoms with Crippen molar-refractivity contribution in [3.63, 3.8) is 0 Å². The molecule has 0 unspecified atom stereocenters. The number of hydrogen-bond donors (Lipinski definition) is 1. The van der Waals surface area contributed by atoms with Crippen LogP contribution in [0.1, 0.15) is 16.8 Å². The van der Waals surface area contributed by atoms with Gasteiger partial charge in [0, 0.05) is 39.6 Å². The normalized spacial score (nSPS) is 21.0. The Morgan fingerprint density at radius 3 is 2.82 bits per heavy atom. The number of likely N-dealkylation sites (tertiary alicyclic amines) is 1. The molecule has 1 heterocycles. The van der Waals surface area contributed by atoms with E-state index in [9.17, 15) is 14.0 Å². The molecule has 1 saturated heterocycles. The molecule has 2 rings (SSSR count). The highest BCUT2D eigenvalue weighted by Gasteiger charge is 2.37. The number of nitrogens with zero attached hydrogens (tertiary/aromatic N) is 1. The minimum atomic E-state index is -0.628. The van der Waals surface area contributed by atoms with E-state index in [1.165, 1.54) is 18.2 Å². The predicted octanol–water partition coefficient (Wildman–Crippen LogP) is 1.70. The first-order valence-corrected chi connectivity index (χ1v) is 7.32. The second-order valence-electron chi connectivity index (χ2n) is 5.22. The SMILES string of the molecule is CNC(=O)C[C@H]1CN(C(=O)c2cccc(F)c2Cl)C[C@@H]1OC. The molecule has 0 saturated carbocycles. The monoisotopic (exact) mass is 328 g/mol. The van der Waals surface area contributed by atoms with Crippen LogP contribution < -0.4 is 5.32 Å². The second-order valence-corrected chi connectivity index (χ2v) is 5.60. The average Bonchev–Trinajstić information content (AvgIpc) is 2.92. The lowest BCUT2D eigenvalue weighted by Crippen LogP contribution is -2.30. The highest BCUT2D eigenvalue weighted by Crippen LogP contribution is 2.27. The number of ether oxygens (including phenoxy) is 1. The van der Waals surface area contributed by atoms with E-state index in [4.69, 9.17) is 16.3 Å². The molecule has 7 heteroatoms. The maximum Gasteiger partial charge on any atom is 0.255 e. The van der Waals surface area contributed by atoms with E-state index in [-0.39, 0.29) is 40.8 Å². The quantitative estimate of drug-likeness (QED) is 0.915. The van der Waals surface area contributed by atoms with Crippen molar-refractivity contribution in [3.05, 3.63) is 34.6 Å². The highest BCUT2D eigenvalue weighted by atomic mass is 35.5. The van der Waals surface area contributed by atoms with Crippen LogP contribution in [0.5, 0.6) is 0 Å². The first kappa shape index (κ1) is 16.7. The number of hydrogen-bond acceptors (Lipinski definition) is 3. The Kier molecular flexibility index (Phi) is 5.37. The van der Waals surface area contributed by atoms with Gasteiger partial charge in [-0.05, 0) is 12.1 Å². The molecule has 0 aromatic heterocycles. The third-order valence-corrected chi connectivity index (χ3v) is 4.26. The van der Waals surface area contributed by atoms with Crippen LogP contribution in [0.2, 0.25) is 5.02 Å². The minimum absolute atomic E-state index is 0.0961. The van der Waals surface area contributed by atoms with Crippen LogP contribution in [0.25, 0.3) is 0 Å². The lowest BCUT2D eigenvalue weighted by molar-refractivity contribution is -0.122. The smallest absolute Gasteiger partial charge is 0.255 e. The van der Waals surface area contributed by atoms with Crippen molar-refractivity contribution in [2.45, 2.75) is 12.5 Å². The zero-order chi connectivity index (χ0) is 16.3. The molecular weight excluding hydrogens is 311 g/mol. The van der Waals surface area contributed by atoms with Gasteiger partial charge in [-0.1, -0.05) is 17.7 Å². The molecule has 1 aliphatic heterocycles. The van der Waals surface area contributed by atoms with Crippen molar-refractivity contribution in [1.82, 2.24) is 10.2 Å². The summed E-state index contributed by atoms with van der Waals surface area (Å²) in [5, 5.41) is 2.38. The first-order valence-electron chi connectivity index (χ1n) is 6.94. The Hall–Kier alpha value is -1.66. The topological polar surface area (TPSA) is 58.6 Å². The van der Waals surface area contributed by atoms with Gasteiger partial charge in [0.15, 0.2) is 0 Å². The van der Waals surface area contributed by atoms with Crippen molar-refractivity contribution < 1.29 is 18.7 Å². The molecule has 0 bridgehead atoms.